The van der Waals surface area contributed by atoms with E-state index >= 15 is 0 Å². The zero-order chi connectivity index (χ0) is 11.5. The molecule has 2 nitrogen and oxygen atoms in total. The monoisotopic (exact) mass is 328 g/mol. The molecule has 1 unspecified atom stereocenters. The molecule has 16 heavy (non-hydrogen) atoms. The van der Waals surface area contributed by atoms with Crippen molar-refractivity contribution in [3.05, 3.63) is 45.7 Å². The van der Waals surface area contributed by atoms with Crippen molar-refractivity contribution in [2.24, 2.45) is 0 Å². The summed E-state index contributed by atoms with van der Waals surface area (Å²) in [7, 11) is 0. The highest BCUT2D eigenvalue weighted by Gasteiger charge is 2.10. The Bertz CT molecular complexity index is 459. The van der Waals surface area contributed by atoms with Crippen molar-refractivity contribution in [2.45, 2.75) is 19.4 Å². The highest BCUT2D eigenvalue weighted by molar-refractivity contribution is 14.1. The number of aliphatic hydroxyl groups excluding tert-OH is 1. The fourth-order valence-corrected chi connectivity index (χ4v) is 1.86. The molecule has 1 N–H and O–H groups in total. The Kier molecular flexibility index (Phi) is 3.66. The van der Waals surface area contributed by atoms with Crippen molar-refractivity contribution in [3.8, 4) is 11.3 Å². The van der Waals surface area contributed by atoms with E-state index in [0.717, 1.165) is 11.3 Å². The largest absolute Gasteiger partial charge is 0.458 e. The Hall–Kier alpha value is -0.810. The molecule has 2 aromatic rings. The summed E-state index contributed by atoms with van der Waals surface area (Å²) < 4.78 is 6.81. The second-order valence-electron chi connectivity index (χ2n) is 3.63. The van der Waals surface area contributed by atoms with E-state index < -0.39 is 6.10 Å². The minimum Gasteiger partial charge on any atom is -0.458 e. The summed E-state index contributed by atoms with van der Waals surface area (Å²) in [6.07, 6.45) is 0.164. The van der Waals surface area contributed by atoms with E-state index in [4.69, 9.17) is 4.42 Å². The van der Waals surface area contributed by atoms with Crippen LogP contribution in [0.1, 0.15) is 25.2 Å². The first-order valence-corrected chi connectivity index (χ1v) is 6.32. The summed E-state index contributed by atoms with van der Waals surface area (Å²) in [4.78, 5) is 0. The number of rotatable bonds is 3. The quantitative estimate of drug-likeness (QED) is 0.864. The normalized spacial score (nSPS) is 12.7. The van der Waals surface area contributed by atoms with Crippen molar-refractivity contribution < 1.29 is 9.52 Å². The molecule has 0 spiro atoms. The van der Waals surface area contributed by atoms with E-state index in [1.54, 1.807) is 0 Å². The minimum atomic E-state index is -0.502. The van der Waals surface area contributed by atoms with Crippen LogP contribution in [0.3, 0.4) is 0 Å². The van der Waals surface area contributed by atoms with Crippen molar-refractivity contribution in [2.75, 3.05) is 0 Å². The predicted molar refractivity (Wildman–Crippen MR) is 72.1 cm³/mol. The van der Waals surface area contributed by atoms with Gasteiger partial charge in [0.05, 0.1) is 0 Å². The molecule has 0 aliphatic heterocycles. The Morgan fingerprint density at radius 2 is 1.88 bits per heavy atom. The molecular weight excluding hydrogens is 315 g/mol. The second kappa shape index (κ2) is 5.01. The Morgan fingerprint density at radius 1 is 1.19 bits per heavy atom. The van der Waals surface area contributed by atoms with Gasteiger partial charge in [0.15, 0.2) is 0 Å². The van der Waals surface area contributed by atoms with Gasteiger partial charge in [-0.05, 0) is 53.3 Å². The van der Waals surface area contributed by atoms with Crippen LogP contribution in [0.2, 0.25) is 0 Å². The van der Waals surface area contributed by atoms with E-state index in [0.29, 0.717) is 12.2 Å². The summed E-state index contributed by atoms with van der Waals surface area (Å²) in [5.41, 5.74) is 1.04. The lowest BCUT2D eigenvalue weighted by Crippen LogP contribution is -1.91. The number of hydrogen-bond acceptors (Lipinski definition) is 2. The van der Waals surface area contributed by atoms with Crippen LogP contribution >= 0.6 is 22.6 Å². The SMILES string of the molecule is CCC(O)c1ccc(-c2ccc(I)cc2)o1. The number of furan rings is 1. The van der Waals surface area contributed by atoms with Gasteiger partial charge in [0.2, 0.25) is 0 Å². The van der Waals surface area contributed by atoms with Gasteiger partial charge in [0.25, 0.3) is 0 Å². The summed E-state index contributed by atoms with van der Waals surface area (Å²) >= 11 is 2.27. The second-order valence-corrected chi connectivity index (χ2v) is 4.88. The number of hydrogen-bond donors (Lipinski definition) is 1. The Labute approximate surface area is 108 Å². The molecule has 1 heterocycles. The molecule has 0 radical (unpaired) electrons. The lowest BCUT2D eigenvalue weighted by atomic mass is 10.2. The number of halogens is 1. The fraction of sp³-hybridized carbons (Fsp3) is 0.231. The van der Waals surface area contributed by atoms with E-state index in [1.807, 2.05) is 43.3 Å². The standard InChI is InChI=1S/C13H13IO2/c1-2-11(15)13-8-7-12(16-13)9-3-5-10(14)6-4-9/h3-8,11,15H,2H2,1H3. The van der Waals surface area contributed by atoms with Crippen LogP contribution in [0.5, 0.6) is 0 Å². The molecule has 2 rings (SSSR count). The molecule has 84 valence electrons. The third kappa shape index (κ3) is 2.47. The molecule has 0 amide bonds. The zero-order valence-electron chi connectivity index (χ0n) is 8.98. The summed E-state index contributed by atoms with van der Waals surface area (Å²) in [5, 5.41) is 9.64. The van der Waals surface area contributed by atoms with Gasteiger partial charge in [0, 0.05) is 9.13 Å². The summed E-state index contributed by atoms with van der Waals surface area (Å²) in [6, 6.07) is 11.8. The van der Waals surface area contributed by atoms with Gasteiger partial charge in [-0.25, -0.2) is 0 Å². The van der Waals surface area contributed by atoms with Gasteiger partial charge in [0.1, 0.15) is 17.6 Å². The maximum atomic E-state index is 9.64. The van der Waals surface area contributed by atoms with Gasteiger partial charge in [-0.1, -0.05) is 19.1 Å². The summed E-state index contributed by atoms with van der Waals surface area (Å²) in [6.45, 7) is 1.93. The Morgan fingerprint density at radius 3 is 2.50 bits per heavy atom. The van der Waals surface area contributed by atoms with Gasteiger partial charge in [-0.3, -0.25) is 0 Å². The smallest absolute Gasteiger partial charge is 0.134 e. The van der Waals surface area contributed by atoms with Gasteiger partial charge in [-0.15, -0.1) is 0 Å². The van der Waals surface area contributed by atoms with Crippen LogP contribution in [0, 0.1) is 3.57 Å². The van der Waals surface area contributed by atoms with Gasteiger partial charge in [-0.2, -0.15) is 0 Å². The molecule has 0 bridgehead atoms. The van der Waals surface area contributed by atoms with Crippen molar-refractivity contribution in [1.29, 1.82) is 0 Å². The molecule has 0 saturated carbocycles. The van der Waals surface area contributed by atoms with Crippen molar-refractivity contribution >= 4 is 22.6 Å². The first kappa shape index (κ1) is 11.7. The highest BCUT2D eigenvalue weighted by Crippen LogP contribution is 2.26. The van der Waals surface area contributed by atoms with Crippen LogP contribution in [0.15, 0.2) is 40.8 Å². The maximum Gasteiger partial charge on any atom is 0.134 e. The average molecular weight is 328 g/mol. The third-order valence-corrected chi connectivity index (χ3v) is 3.19. The molecule has 1 atom stereocenters. The van der Waals surface area contributed by atoms with Gasteiger partial charge < -0.3 is 9.52 Å². The predicted octanol–water partition coefficient (Wildman–Crippen LogP) is 3.99. The van der Waals surface area contributed by atoms with Gasteiger partial charge >= 0.3 is 0 Å². The van der Waals surface area contributed by atoms with Crippen LogP contribution in [-0.2, 0) is 0 Å². The van der Waals surface area contributed by atoms with E-state index in [1.165, 1.54) is 3.57 Å². The first-order valence-electron chi connectivity index (χ1n) is 5.24. The van der Waals surface area contributed by atoms with Crippen molar-refractivity contribution in [1.82, 2.24) is 0 Å². The molecule has 3 heteroatoms. The molecule has 1 aromatic heterocycles. The molecule has 1 aromatic carbocycles. The van der Waals surface area contributed by atoms with Crippen LogP contribution in [-0.4, -0.2) is 5.11 Å². The van der Waals surface area contributed by atoms with Crippen LogP contribution < -0.4 is 0 Å². The van der Waals surface area contributed by atoms with Crippen LogP contribution in [0.25, 0.3) is 11.3 Å². The zero-order valence-corrected chi connectivity index (χ0v) is 11.1. The Balaban J connectivity index is 2.28. The topological polar surface area (TPSA) is 33.4 Å². The fourth-order valence-electron chi connectivity index (χ4n) is 1.50. The summed E-state index contributed by atoms with van der Waals surface area (Å²) in [5.74, 6) is 1.44. The molecular formula is C13H13IO2. The lowest BCUT2D eigenvalue weighted by Gasteiger charge is -2.02. The minimum absolute atomic E-state index is 0.502. The molecule has 0 aliphatic rings. The highest BCUT2D eigenvalue weighted by atomic mass is 127. The average Bonchev–Trinajstić information content (AvgIpc) is 2.78. The lowest BCUT2D eigenvalue weighted by molar-refractivity contribution is 0.147. The van der Waals surface area contributed by atoms with E-state index in [2.05, 4.69) is 22.6 Å². The maximum absolute atomic E-state index is 9.64. The molecule has 0 fully saturated rings. The molecule has 0 saturated heterocycles. The third-order valence-electron chi connectivity index (χ3n) is 2.47. The number of aliphatic hydroxyl groups is 1. The van der Waals surface area contributed by atoms with E-state index in [-0.39, 0.29) is 0 Å². The number of benzene rings is 1. The first-order chi connectivity index (χ1) is 7.70. The molecule has 0 aliphatic carbocycles. The van der Waals surface area contributed by atoms with Crippen molar-refractivity contribution in [3.63, 3.8) is 0 Å². The van der Waals surface area contributed by atoms with Crippen LogP contribution in [0.4, 0.5) is 0 Å². The van der Waals surface area contributed by atoms with E-state index in [9.17, 15) is 5.11 Å².